The van der Waals surface area contributed by atoms with E-state index in [1.165, 1.54) is 0 Å². The molecule has 2 aromatic rings. The van der Waals surface area contributed by atoms with Gasteiger partial charge in [0.1, 0.15) is 5.60 Å². The number of nitrogens with zero attached hydrogens (tertiary/aromatic N) is 2. The fourth-order valence-electron chi connectivity index (χ4n) is 4.20. The lowest BCUT2D eigenvalue weighted by Crippen LogP contribution is -2.45. The van der Waals surface area contributed by atoms with E-state index in [1.807, 2.05) is 31.1 Å². The number of nitrogens with one attached hydrogen (secondary N) is 3. The minimum atomic E-state index is -0.636. The lowest BCUT2D eigenvalue weighted by molar-refractivity contribution is 0.0635. The first-order valence-electron chi connectivity index (χ1n) is 13.2. The third-order valence-corrected chi connectivity index (χ3v) is 6.19. The van der Waals surface area contributed by atoms with Crippen LogP contribution in [0.2, 0.25) is 0 Å². The summed E-state index contributed by atoms with van der Waals surface area (Å²) in [7, 11) is 3.98. The molecule has 1 fully saturated rings. The second-order valence-electron chi connectivity index (χ2n) is 11.0. The van der Waals surface area contributed by atoms with Gasteiger partial charge in [-0.2, -0.15) is 0 Å². The van der Waals surface area contributed by atoms with Gasteiger partial charge in [-0.1, -0.05) is 37.1 Å². The van der Waals surface area contributed by atoms with Gasteiger partial charge in [-0.05, 0) is 77.5 Å². The highest BCUT2D eigenvalue weighted by atomic mass is 16.6. The minimum Gasteiger partial charge on any atom is -0.444 e. The van der Waals surface area contributed by atoms with Crippen molar-refractivity contribution in [2.75, 3.05) is 37.8 Å². The highest BCUT2D eigenvalue weighted by Gasteiger charge is 2.22. The van der Waals surface area contributed by atoms with Crippen molar-refractivity contribution in [2.24, 2.45) is 0 Å². The lowest BCUT2D eigenvalue weighted by Gasteiger charge is -2.26. The number of rotatable bonds is 9. The van der Waals surface area contributed by atoms with Gasteiger partial charge >= 0.3 is 12.1 Å². The molecular formula is C29H41N5O4. The van der Waals surface area contributed by atoms with Crippen molar-refractivity contribution in [3.05, 3.63) is 59.7 Å². The second-order valence-corrected chi connectivity index (χ2v) is 11.0. The number of urea groups is 1. The molecule has 0 atom stereocenters. The predicted octanol–water partition coefficient (Wildman–Crippen LogP) is 5.30. The number of amides is 4. The first-order chi connectivity index (χ1) is 18.0. The molecule has 38 heavy (non-hydrogen) atoms. The Morgan fingerprint density at radius 2 is 1.50 bits per heavy atom. The van der Waals surface area contributed by atoms with Crippen LogP contribution in [-0.4, -0.2) is 66.7 Å². The molecule has 0 heterocycles. The molecule has 206 valence electrons. The molecule has 0 bridgehead atoms. The molecule has 4 amide bonds. The maximum Gasteiger partial charge on any atom is 0.412 e. The smallest absolute Gasteiger partial charge is 0.412 e. The van der Waals surface area contributed by atoms with Crippen LogP contribution in [0, 0.1) is 0 Å². The van der Waals surface area contributed by atoms with Crippen LogP contribution in [0.5, 0.6) is 0 Å². The van der Waals surface area contributed by atoms with Crippen molar-refractivity contribution in [3.63, 3.8) is 0 Å². The van der Waals surface area contributed by atoms with Crippen molar-refractivity contribution in [1.82, 2.24) is 15.1 Å². The van der Waals surface area contributed by atoms with Crippen molar-refractivity contribution in [1.29, 1.82) is 0 Å². The largest absolute Gasteiger partial charge is 0.444 e. The van der Waals surface area contributed by atoms with Crippen molar-refractivity contribution in [3.8, 4) is 0 Å². The summed E-state index contributed by atoms with van der Waals surface area (Å²) in [4.78, 5) is 42.0. The number of ether oxygens (including phenoxy) is 1. The van der Waals surface area contributed by atoms with E-state index in [4.69, 9.17) is 4.74 Å². The van der Waals surface area contributed by atoms with Crippen LogP contribution in [0.1, 0.15) is 62.4 Å². The number of hydrogen-bond donors (Lipinski definition) is 3. The number of likely N-dealkylation sites (N-methyl/N-ethyl adjacent to an activating group) is 1. The first-order valence-corrected chi connectivity index (χ1v) is 13.2. The third-order valence-electron chi connectivity index (χ3n) is 6.19. The minimum absolute atomic E-state index is 0.0466. The highest BCUT2D eigenvalue weighted by molar-refractivity contribution is 6.06. The fourth-order valence-corrected chi connectivity index (χ4v) is 4.20. The number of para-hydroxylation sites is 2. The molecule has 0 spiro atoms. The van der Waals surface area contributed by atoms with Gasteiger partial charge in [0.05, 0.1) is 11.4 Å². The number of hydrogen-bond acceptors (Lipinski definition) is 5. The Balaban J connectivity index is 1.64. The molecule has 3 N–H and O–H groups in total. The Labute approximate surface area is 225 Å². The number of carbonyl (C=O) groups excluding carboxylic acids is 3. The Bertz CT molecular complexity index is 1090. The van der Waals surface area contributed by atoms with E-state index < -0.39 is 11.7 Å². The standard InChI is InChI=1S/C29H41N5O4/c1-29(2,3)38-28(37)32-25-13-9-8-12-24(25)31-26(35)22-16-14-21(15-17-22)20-34(19-18-33(4)5)27(36)30-23-10-6-7-11-23/h8-9,12-17,23H,6-7,10-11,18-20H2,1-5H3,(H,30,36)(H,31,35)(H,32,37). The van der Waals surface area contributed by atoms with Gasteiger partial charge < -0.3 is 25.2 Å². The molecule has 0 saturated heterocycles. The van der Waals surface area contributed by atoms with Crippen molar-refractivity contribution < 1.29 is 19.1 Å². The molecular weight excluding hydrogens is 482 g/mol. The fraction of sp³-hybridized carbons (Fsp3) is 0.483. The summed E-state index contributed by atoms with van der Waals surface area (Å²) in [6.07, 6.45) is 3.79. The average molecular weight is 524 g/mol. The molecule has 2 aromatic carbocycles. The van der Waals surface area contributed by atoms with Crippen LogP contribution in [0.25, 0.3) is 0 Å². The van der Waals surface area contributed by atoms with Crippen molar-refractivity contribution in [2.45, 2.75) is 64.6 Å². The molecule has 1 aliphatic rings. The number of anilines is 2. The van der Waals surface area contributed by atoms with Crippen LogP contribution < -0.4 is 16.0 Å². The molecule has 9 nitrogen and oxygen atoms in total. The Hall–Kier alpha value is -3.59. The van der Waals surface area contributed by atoms with Crippen LogP contribution in [0.15, 0.2) is 48.5 Å². The summed E-state index contributed by atoms with van der Waals surface area (Å²) < 4.78 is 5.32. The molecule has 0 radical (unpaired) electrons. The SMILES string of the molecule is CN(C)CCN(Cc1ccc(C(=O)Nc2ccccc2NC(=O)OC(C)(C)C)cc1)C(=O)NC1CCCC1. The highest BCUT2D eigenvalue weighted by Crippen LogP contribution is 2.23. The topological polar surface area (TPSA) is 103 Å². The monoisotopic (exact) mass is 523 g/mol. The van der Waals surface area contributed by atoms with E-state index in [-0.39, 0.29) is 18.0 Å². The quantitative estimate of drug-likeness (QED) is 0.414. The summed E-state index contributed by atoms with van der Waals surface area (Å²) in [6, 6.07) is 14.4. The zero-order chi connectivity index (χ0) is 27.7. The van der Waals surface area contributed by atoms with Gasteiger partial charge in [0.2, 0.25) is 0 Å². The van der Waals surface area contributed by atoms with E-state index in [0.717, 1.165) is 37.8 Å². The van der Waals surface area contributed by atoms with E-state index >= 15 is 0 Å². The second kappa shape index (κ2) is 13.3. The Morgan fingerprint density at radius 3 is 2.08 bits per heavy atom. The van der Waals surface area contributed by atoms with E-state index in [2.05, 4.69) is 20.9 Å². The maximum atomic E-state index is 13.0. The Kier molecular flexibility index (Phi) is 10.1. The van der Waals surface area contributed by atoms with E-state index in [9.17, 15) is 14.4 Å². The molecule has 1 saturated carbocycles. The summed E-state index contributed by atoms with van der Waals surface area (Å²) in [6.45, 7) is 7.18. The van der Waals surface area contributed by atoms with Crippen LogP contribution in [-0.2, 0) is 11.3 Å². The zero-order valence-corrected chi connectivity index (χ0v) is 23.2. The maximum absolute atomic E-state index is 13.0. The van der Waals surface area contributed by atoms with Gasteiger partial charge in [0, 0.05) is 31.2 Å². The van der Waals surface area contributed by atoms with Crippen LogP contribution in [0.3, 0.4) is 0 Å². The van der Waals surface area contributed by atoms with Gasteiger partial charge in [-0.3, -0.25) is 10.1 Å². The average Bonchev–Trinajstić information content (AvgIpc) is 3.35. The zero-order valence-electron chi connectivity index (χ0n) is 23.2. The predicted molar refractivity (Wildman–Crippen MR) is 150 cm³/mol. The lowest BCUT2D eigenvalue weighted by atomic mass is 10.1. The number of carbonyl (C=O) groups is 3. The van der Waals surface area contributed by atoms with Gasteiger partial charge in [0.15, 0.2) is 0 Å². The molecule has 3 rings (SSSR count). The molecule has 0 aliphatic heterocycles. The molecule has 0 unspecified atom stereocenters. The van der Waals surface area contributed by atoms with E-state index in [0.29, 0.717) is 30.0 Å². The number of benzene rings is 2. The third kappa shape index (κ3) is 9.37. The molecule has 9 heteroatoms. The summed E-state index contributed by atoms with van der Waals surface area (Å²) in [5.74, 6) is -0.307. The van der Waals surface area contributed by atoms with Crippen LogP contribution >= 0.6 is 0 Å². The molecule has 1 aliphatic carbocycles. The summed E-state index contributed by atoms with van der Waals surface area (Å²) in [5.41, 5.74) is 1.68. The summed E-state index contributed by atoms with van der Waals surface area (Å²) >= 11 is 0. The van der Waals surface area contributed by atoms with Crippen LogP contribution in [0.4, 0.5) is 21.0 Å². The normalized spacial score (nSPS) is 13.7. The van der Waals surface area contributed by atoms with E-state index in [1.54, 1.807) is 57.2 Å². The van der Waals surface area contributed by atoms with Crippen molar-refractivity contribution >= 4 is 29.4 Å². The Morgan fingerprint density at radius 1 is 0.895 bits per heavy atom. The molecule has 0 aromatic heterocycles. The van der Waals surface area contributed by atoms with Gasteiger partial charge in [-0.25, -0.2) is 9.59 Å². The van der Waals surface area contributed by atoms with Gasteiger partial charge in [0.25, 0.3) is 5.91 Å². The first kappa shape index (κ1) is 29.0. The van der Waals surface area contributed by atoms with Gasteiger partial charge in [-0.15, -0.1) is 0 Å². The summed E-state index contributed by atoms with van der Waals surface area (Å²) in [5, 5.41) is 8.72.